The number of hydrogen-bond acceptors (Lipinski definition) is 2. The lowest BCUT2D eigenvalue weighted by molar-refractivity contribution is 0.399. The predicted octanol–water partition coefficient (Wildman–Crippen LogP) is 3.77. The molecule has 3 aromatic rings. The summed E-state index contributed by atoms with van der Waals surface area (Å²) < 4.78 is 29.4. The van der Waals surface area contributed by atoms with E-state index < -0.39 is 17.4 Å². The Balaban J connectivity index is 2.31. The van der Waals surface area contributed by atoms with Gasteiger partial charge in [0.1, 0.15) is 5.52 Å². The molecule has 0 fully saturated rings. The summed E-state index contributed by atoms with van der Waals surface area (Å²) in [5.41, 5.74) is 0.657. The van der Waals surface area contributed by atoms with Crippen LogP contribution in [0.4, 0.5) is 8.78 Å². The molecule has 0 atom stereocenters. The van der Waals surface area contributed by atoms with Crippen molar-refractivity contribution in [1.29, 1.82) is 0 Å². The summed E-state index contributed by atoms with van der Waals surface area (Å²) in [6.45, 7) is 0. The van der Waals surface area contributed by atoms with E-state index in [-0.39, 0.29) is 10.9 Å². The van der Waals surface area contributed by atoms with Gasteiger partial charge in [0.05, 0.1) is 11.9 Å². The van der Waals surface area contributed by atoms with Gasteiger partial charge >= 0.3 is 0 Å². The molecule has 0 saturated carbocycles. The van der Waals surface area contributed by atoms with E-state index in [2.05, 4.69) is 21.0 Å². The van der Waals surface area contributed by atoms with Crippen molar-refractivity contribution in [3.63, 3.8) is 0 Å². The van der Waals surface area contributed by atoms with E-state index in [9.17, 15) is 13.9 Å². The molecule has 96 valence electrons. The zero-order valence-corrected chi connectivity index (χ0v) is 11.0. The van der Waals surface area contributed by atoms with Crippen molar-refractivity contribution >= 4 is 26.8 Å². The second-order valence-corrected chi connectivity index (χ2v) is 4.91. The van der Waals surface area contributed by atoms with Gasteiger partial charge < -0.3 is 5.11 Å². The molecule has 1 N–H and O–H groups in total. The first-order valence-corrected chi connectivity index (χ1v) is 6.18. The summed E-state index contributed by atoms with van der Waals surface area (Å²) in [4.78, 5) is 0. The van der Waals surface area contributed by atoms with Gasteiger partial charge in [-0.25, -0.2) is 13.5 Å². The highest BCUT2D eigenvalue weighted by atomic mass is 79.9. The lowest BCUT2D eigenvalue weighted by atomic mass is 10.2. The van der Waals surface area contributed by atoms with E-state index in [0.717, 1.165) is 10.5 Å². The van der Waals surface area contributed by atoms with Gasteiger partial charge in [-0.15, -0.1) is 0 Å². The van der Waals surface area contributed by atoms with E-state index >= 15 is 0 Å². The molecule has 0 aliphatic heterocycles. The van der Waals surface area contributed by atoms with Gasteiger partial charge in [-0.2, -0.15) is 5.10 Å². The molecule has 3 rings (SSSR count). The summed E-state index contributed by atoms with van der Waals surface area (Å²) in [7, 11) is 0. The molecule has 6 heteroatoms. The van der Waals surface area contributed by atoms with Crippen LogP contribution in [0.3, 0.4) is 0 Å². The number of aromatic nitrogens is 2. The van der Waals surface area contributed by atoms with E-state index in [4.69, 9.17) is 0 Å². The van der Waals surface area contributed by atoms with E-state index in [0.29, 0.717) is 5.69 Å². The average Bonchev–Trinajstić information content (AvgIpc) is 2.81. The molecule has 1 heterocycles. The maximum absolute atomic E-state index is 14.0. The smallest absolute Gasteiger partial charge is 0.194 e. The third-order valence-corrected chi connectivity index (χ3v) is 3.32. The Bertz CT molecular complexity index is 768. The van der Waals surface area contributed by atoms with Crippen molar-refractivity contribution in [1.82, 2.24) is 9.78 Å². The van der Waals surface area contributed by atoms with Gasteiger partial charge in [0, 0.05) is 9.86 Å². The van der Waals surface area contributed by atoms with E-state index in [1.807, 2.05) is 0 Å². The third-order valence-electron chi connectivity index (χ3n) is 2.79. The van der Waals surface area contributed by atoms with Crippen molar-refractivity contribution in [2.75, 3.05) is 0 Å². The molecule has 0 aliphatic carbocycles. The van der Waals surface area contributed by atoms with Crippen LogP contribution >= 0.6 is 15.9 Å². The number of aromatic hydroxyl groups is 1. The molecule has 0 amide bonds. The Hall–Kier alpha value is -1.95. The SMILES string of the molecule is Oc1c(F)cc2cnn(-c3ccc(Br)cc3)c2c1F. The van der Waals surface area contributed by atoms with Gasteiger partial charge in [0.2, 0.25) is 0 Å². The third kappa shape index (κ3) is 1.88. The highest BCUT2D eigenvalue weighted by Gasteiger charge is 2.17. The minimum atomic E-state index is -1.02. The first-order valence-electron chi connectivity index (χ1n) is 5.38. The number of nitrogens with zero attached hydrogens (tertiary/aromatic N) is 2. The molecule has 2 aromatic carbocycles. The lowest BCUT2D eigenvalue weighted by Gasteiger charge is -2.05. The molecule has 0 spiro atoms. The first kappa shape index (κ1) is 12.1. The lowest BCUT2D eigenvalue weighted by Crippen LogP contribution is -1.98. The van der Waals surface area contributed by atoms with Crippen LogP contribution < -0.4 is 0 Å². The standard InChI is InChI=1S/C13H7BrF2N2O/c14-8-1-3-9(4-2-8)18-12-7(6-17-18)5-10(15)13(19)11(12)16/h1-6,19H. The highest BCUT2D eigenvalue weighted by molar-refractivity contribution is 9.10. The minimum Gasteiger partial charge on any atom is -0.503 e. The quantitative estimate of drug-likeness (QED) is 0.740. The largest absolute Gasteiger partial charge is 0.503 e. The minimum absolute atomic E-state index is 0.0428. The van der Waals surface area contributed by atoms with Gasteiger partial charge in [-0.05, 0) is 30.3 Å². The number of phenolic OH excluding ortho intramolecular Hbond substituents is 1. The Kier molecular flexibility index (Phi) is 2.74. The fourth-order valence-corrected chi connectivity index (χ4v) is 2.15. The van der Waals surface area contributed by atoms with Crippen LogP contribution in [0, 0.1) is 11.6 Å². The predicted molar refractivity (Wildman–Crippen MR) is 70.4 cm³/mol. The molecule has 0 aliphatic rings. The number of rotatable bonds is 1. The number of fused-ring (bicyclic) bond motifs is 1. The molecule has 0 saturated heterocycles. The Morgan fingerprint density at radius 1 is 1.16 bits per heavy atom. The fourth-order valence-electron chi connectivity index (χ4n) is 1.89. The Labute approximate surface area is 115 Å². The fraction of sp³-hybridized carbons (Fsp3) is 0. The van der Waals surface area contributed by atoms with Gasteiger partial charge in [-0.3, -0.25) is 0 Å². The van der Waals surface area contributed by atoms with Gasteiger partial charge in [-0.1, -0.05) is 15.9 Å². The zero-order chi connectivity index (χ0) is 13.6. The first-order chi connectivity index (χ1) is 9.08. The monoisotopic (exact) mass is 324 g/mol. The maximum atomic E-state index is 14.0. The van der Waals surface area contributed by atoms with E-state index in [1.165, 1.54) is 10.9 Å². The summed E-state index contributed by atoms with van der Waals surface area (Å²) in [5.74, 6) is -3.01. The normalized spacial score (nSPS) is 11.1. The zero-order valence-electron chi connectivity index (χ0n) is 9.44. The Morgan fingerprint density at radius 3 is 2.53 bits per heavy atom. The Morgan fingerprint density at radius 2 is 1.84 bits per heavy atom. The van der Waals surface area contributed by atoms with Crippen LogP contribution in [-0.2, 0) is 0 Å². The molecule has 3 nitrogen and oxygen atoms in total. The summed E-state index contributed by atoms with van der Waals surface area (Å²) in [6.07, 6.45) is 1.35. The van der Waals surface area contributed by atoms with Crippen LogP contribution in [0.2, 0.25) is 0 Å². The van der Waals surface area contributed by atoms with Gasteiger partial charge in [0.15, 0.2) is 17.4 Å². The summed E-state index contributed by atoms with van der Waals surface area (Å²) in [5, 5.41) is 13.6. The molecule has 0 unspecified atom stereocenters. The number of hydrogen-bond donors (Lipinski definition) is 1. The maximum Gasteiger partial charge on any atom is 0.194 e. The van der Waals surface area contributed by atoms with Crippen LogP contribution in [-0.4, -0.2) is 14.9 Å². The number of phenols is 1. The molecule has 0 bridgehead atoms. The molecular formula is C13H7BrF2N2O. The molecule has 0 radical (unpaired) electrons. The molecule has 1 aromatic heterocycles. The van der Waals surface area contributed by atoms with E-state index in [1.54, 1.807) is 24.3 Å². The van der Waals surface area contributed by atoms with Crippen LogP contribution in [0.5, 0.6) is 5.75 Å². The second kappa shape index (κ2) is 4.31. The van der Waals surface area contributed by atoms with Crippen LogP contribution in [0.1, 0.15) is 0 Å². The number of benzene rings is 2. The van der Waals surface area contributed by atoms with Crippen LogP contribution in [0.15, 0.2) is 41.0 Å². The average molecular weight is 325 g/mol. The van der Waals surface area contributed by atoms with Crippen molar-refractivity contribution < 1.29 is 13.9 Å². The summed E-state index contributed by atoms with van der Waals surface area (Å²) in [6, 6.07) is 8.08. The highest BCUT2D eigenvalue weighted by Crippen LogP contribution is 2.30. The van der Waals surface area contributed by atoms with Crippen LogP contribution in [0.25, 0.3) is 16.6 Å². The van der Waals surface area contributed by atoms with Crippen molar-refractivity contribution in [2.24, 2.45) is 0 Å². The second-order valence-electron chi connectivity index (χ2n) is 3.99. The number of halogens is 3. The topological polar surface area (TPSA) is 38.1 Å². The molecular weight excluding hydrogens is 318 g/mol. The van der Waals surface area contributed by atoms with Crippen molar-refractivity contribution in [3.05, 3.63) is 52.6 Å². The van der Waals surface area contributed by atoms with Crippen molar-refractivity contribution in [3.8, 4) is 11.4 Å². The summed E-state index contributed by atoms with van der Waals surface area (Å²) >= 11 is 3.30. The van der Waals surface area contributed by atoms with Gasteiger partial charge in [0.25, 0.3) is 0 Å². The van der Waals surface area contributed by atoms with Crippen molar-refractivity contribution in [2.45, 2.75) is 0 Å². The molecule has 19 heavy (non-hydrogen) atoms.